The third-order valence-corrected chi connectivity index (χ3v) is 7.48. The Bertz CT molecular complexity index is 1080. The zero-order valence-electron chi connectivity index (χ0n) is 18.1. The number of aromatic nitrogens is 5. The van der Waals surface area contributed by atoms with E-state index in [4.69, 9.17) is 16.3 Å². The smallest absolute Gasteiger partial charge is 0.236 e. The van der Waals surface area contributed by atoms with Crippen LogP contribution in [0.25, 0.3) is 0 Å². The first-order chi connectivity index (χ1) is 16.1. The topological polar surface area (TPSA) is 94.8 Å². The molecule has 8 nitrogen and oxygen atoms in total. The Labute approximate surface area is 205 Å². The van der Waals surface area contributed by atoms with Crippen molar-refractivity contribution in [3.05, 3.63) is 52.8 Å². The summed E-state index contributed by atoms with van der Waals surface area (Å²) in [5.74, 6) is 1.84. The summed E-state index contributed by atoms with van der Waals surface area (Å²) in [4.78, 5) is 12.5. The van der Waals surface area contributed by atoms with Crippen LogP contribution in [0.1, 0.15) is 48.9 Å². The average Bonchev–Trinajstić information content (AvgIpc) is 3.45. The van der Waals surface area contributed by atoms with E-state index in [9.17, 15) is 4.79 Å². The van der Waals surface area contributed by atoms with Crippen molar-refractivity contribution in [1.82, 2.24) is 25.0 Å². The van der Waals surface area contributed by atoms with Crippen molar-refractivity contribution in [3.8, 4) is 5.75 Å². The molecule has 1 saturated carbocycles. The van der Waals surface area contributed by atoms with Gasteiger partial charge in [-0.2, -0.15) is 0 Å². The van der Waals surface area contributed by atoms with Gasteiger partial charge in [-0.05, 0) is 37.1 Å². The fourth-order valence-corrected chi connectivity index (χ4v) is 5.43. The second-order valence-electron chi connectivity index (χ2n) is 7.66. The summed E-state index contributed by atoms with van der Waals surface area (Å²) in [6.45, 7) is 4.55. The lowest BCUT2D eigenvalue weighted by atomic mass is 9.90. The first-order valence-electron chi connectivity index (χ1n) is 10.8. The molecular weight excluding hydrogens is 480 g/mol. The number of anilines is 1. The van der Waals surface area contributed by atoms with Crippen LogP contribution in [0, 0.1) is 0 Å². The van der Waals surface area contributed by atoms with Gasteiger partial charge in [0, 0.05) is 17.5 Å². The summed E-state index contributed by atoms with van der Waals surface area (Å²) in [6, 6.07) is 7.12. The summed E-state index contributed by atoms with van der Waals surface area (Å²) in [6.07, 6.45) is 7.83. The van der Waals surface area contributed by atoms with E-state index in [1.54, 1.807) is 30.3 Å². The van der Waals surface area contributed by atoms with Crippen LogP contribution < -0.4 is 10.1 Å². The van der Waals surface area contributed by atoms with Gasteiger partial charge in [0.05, 0.1) is 5.75 Å². The zero-order valence-corrected chi connectivity index (χ0v) is 20.5. The van der Waals surface area contributed by atoms with Crippen LogP contribution in [0.4, 0.5) is 5.13 Å². The molecule has 0 unspecified atom stereocenters. The molecule has 0 spiro atoms. The number of thioether (sulfide) groups is 1. The first-order valence-corrected chi connectivity index (χ1v) is 13.0. The second kappa shape index (κ2) is 11.6. The molecule has 1 N–H and O–H groups in total. The number of amides is 1. The molecule has 2 aromatic heterocycles. The molecule has 0 aliphatic heterocycles. The molecule has 0 atom stereocenters. The zero-order chi connectivity index (χ0) is 23.0. The van der Waals surface area contributed by atoms with E-state index >= 15 is 0 Å². The normalized spacial score (nSPS) is 14.2. The molecule has 1 fully saturated rings. The van der Waals surface area contributed by atoms with Crippen LogP contribution in [-0.2, 0) is 17.9 Å². The summed E-state index contributed by atoms with van der Waals surface area (Å²) in [5, 5.41) is 22.6. The van der Waals surface area contributed by atoms with Gasteiger partial charge >= 0.3 is 0 Å². The van der Waals surface area contributed by atoms with Crippen molar-refractivity contribution in [2.75, 3.05) is 11.1 Å². The van der Waals surface area contributed by atoms with Crippen LogP contribution in [-0.4, -0.2) is 36.6 Å². The lowest BCUT2D eigenvalue weighted by molar-refractivity contribution is -0.113. The lowest BCUT2D eigenvalue weighted by Crippen LogP contribution is -2.15. The fraction of sp³-hybridized carbons (Fsp3) is 0.409. The van der Waals surface area contributed by atoms with Crippen LogP contribution in [0.15, 0.2) is 42.1 Å². The molecule has 1 aliphatic carbocycles. The highest BCUT2D eigenvalue weighted by atomic mass is 35.5. The van der Waals surface area contributed by atoms with E-state index in [0.717, 1.165) is 17.8 Å². The summed E-state index contributed by atoms with van der Waals surface area (Å²) < 4.78 is 7.67. The van der Waals surface area contributed by atoms with Crippen molar-refractivity contribution < 1.29 is 9.53 Å². The molecule has 4 rings (SSSR count). The molecule has 0 saturated heterocycles. The quantitative estimate of drug-likeness (QED) is 0.294. The number of allylic oxidation sites excluding steroid dienone is 1. The molecule has 1 amide bonds. The van der Waals surface area contributed by atoms with Gasteiger partial charge in [-0.1, -0.05) is 60.0 Å². The Balaban J connectivity index is 1.31. The number of carbonyl (C=O) groups is 1. The van der Waals surface area contributed by atoms with Gasteiger partial charge in [0.15, 0.2) is 11.0 Å². The number of benzene rings is 1. The van der Waals surface area contributed by atoms with E-state index in [2.05, 4.69) is 32.3 Å². The van der Waals surface area contributed by atoms with Crippen molar-refractivity contribution in [1.29, 1.82) is 0 Å². The summed E-state index contributed by atoms with van der Waals surface area (Å²) >= 11 is 8.69. The van der Waals surface area contributed by atoms with Crippen molar-refractivity contribution in [2.24, 2.45) is 0 Å². The standard InChI is InChI=1S/C22H25ClN6O2S2/c1-2-12-29-18(13-31-17-10-8-16(23)9-11-17)25-28-22(29)32-14-19(30)24-21-27-26-20(33-21)15-6-4-3-5-7-15/h2,8-11,15H,1,3-7,12-14H2,(H,24,27,30). The van der Waals surface area contributed by atoms with Crippen LogP contribution >= 0.6 is 34.7 Å². The predicted octanol–water partition coefficient (Wildman–Crippen LogP) is 5.33. The van der Waals surface area contributed by atoms with Gasteiger partial charge in [-0.15, -0.1) is 27.0 Å². The summed E-state index contributed by atoms with van der Waals surface area (Å²) in [5.41, 5.74) is 0. The number of hydrogen-bond donors (Lipinski definition) is 1. The van der Waals surface area contributed by atoms with Crippen LogP contribution in [0.3, 0.4) is 0 Å². The monoisotopic (exact) mass is 504 g/mol. The van der Waals surface area contributed by atoms with E-state index in [-0.39, 0.29) is 18.3 Å². The number of ether oxygens (including phenoxy) is 1. The van der Waals surface area contributed by atoms with Crippen molar-refractivity contribution >= 4 is 45.7 Å². The Morgan fingerprint density at radius 3 is 2.76 bits per heavy atom. The molecule has 3 aromatic rings. The fourth-order valence-electron chi connectivity index (χ4n) is 3.61. The van der Waals surface area contributed by atoms with E-state index in [1.165, 1.54) is 42.4 Å². The van der Waals surface area contributed by atoms with E-state index < -0.39 is 0 Å². The third kappa shape index (κ3) is 6.55. The van der Waals surface area contributed by atoms with Gasteiger partial charge in [0.2, 0.25) is 11.0 Å². The Morgan fingerprint density at radius 2 is 2.00 bits per heavy atom. The van der Waals surface area contributed by atoms with E-state index in [1.807, 2.05) is 4.57 Å². The van der Waals surface area contributed by atoms with Gasteiger partial charge in [-0.25, -0.2) is 0 Å². The largest absolute Gasteiger partial charge is 0.486 e. The molecule has 1 aromatic carbocycles. The molecular formula is C22H25ClN6O2S2. The number of rotatable bonds is 10. The highest BCUT2D eigenvalue weighted by Crippen LogP contribution is 2.35. The molecule has 0 bridgehead atoms. The summed E-state index contributed by atoms with van der Waals surface area (Å²) in [7, 11) is 0. The van der Waals surface area contributed by atoms with Crippen molar-refractivity contribution in [3.63, 3.8) is 0 Å². The molecule has 11 heteroatoms. The second-order valence-corrected chi connectivity index (χ2v) is 10.0. The Morgan fingerprint density at radius 1 is 1.21 bits per heavy atom. The van der Waals surface area contributed by atoms with Crippen LogP contribution in [0.2, 0.25) is 5.02 Å². The third-order valence-electron chi connectivity index (χ3n) is 5.26. The number of hydrogen-bond acceptors (Lipinski definition) is 8. The Hall–Kier alpha value is -2.43. The van der Waals surface area contributed by atoms with Crippen molar-refractivity contribution in [2.45, 2.75) is 56.3 Å². The average molecular weight is 505 g/mol. The van der Waals surface area contributed by atoms with Gasteiger partial charge in [0.1, 0.15) is 17.4 Å². The van der Waals surface area contributed by atoms with Gasteiger partial charge < -0.3 is 4.74 Å². The maximum atomic E-state index is 12.5. The van der Waals surface area contributed by atoms with E-state index in [0.29, 0.717) is 39.3 Å². The minimum Gasteiger partial charge on any atom is -0.486 e. The molecule has 174 valence electrons. The first kappa shape index (κ1) is 23.7. The molecule has 1 aliphatic rings. The number of nitrogens with zero attached hydrogens (tertiary/aromatic N) is 5. The minimum absolute atomic E-state index is 0.154. The lowest BCUT2D eigenvalue weighted by Gasteiger charge is -2.18. The number of halogens is 1. The highest BCUT2D eigenvalue weighted by Gasteiger charge is 2.20. The maximum absolute atomic E-state index is 12.5. The number of carbonyl (C=O) groups excluding carboxylic acids is 1. The molecule has 2 heterocycles. The predicted molar refractivity (Wildman–Crippen MR) is 131 cm³/mol. The highest BCUT2D eigenvalue weighted by molar-refractivity contribution is 7.99. The molecule has 0 radical (unpaired) electrons. The SMILES string of the molecule is C=CCn1c(COc2ccc(Cl)cc2)nnc1SCC(=O)Nc1nnc(C2CCCCC2)s1. The molecule has 33 heavy (non-hydrogen) atoms. The number of nitrogens with one attached hydrogen (secondary N) is 1. The minimum atomic E-state index is -0.154. The Kier molecular flexibility index (Phi) is 8.35. The van der Waals surface area contributed by atoms with Gasteiger partial charge in [-0.3, -0.25) is 14.7 Å². The van der Waals surface area contributed by atoms with Crippen LogP contribution in [0.5, 0.6) is 5.75 Å². The maximum Gasteiger partial charge on any atom is 0.236 e. The van der Waals surface area contributed by atoms with Gasteiger partial charge in [0.25, 0.3) is 0 Å².